The van der Waals surface area contributed by atoms with E-state index in [4.69, 9.17) is 4.74 Å². The highest BCUT2D eigenvalue weighted by Gasteiger charge is 2.19. The summed E-state index contributed by atoms with van der Waals surface area (Å²) in [5, 5.41) is 0. The topological polar surface area (TPSA) is 12.5 Å². The maximum absolute atomic E-state index is 5.72. The monoisotopic (exact) mass is 297 g/mol. The number of hydrogen-bond donors (Lipinski definition) is 0. The average molecular weight is 298 g/mol. The fraction of sp³-hybridized carbons (Fsp3) is 0.571. The van der Waals surface area contributed by atoms with Crippen LogP contribution in [0.15, 0.2) is 28.7 Å². The Hall–Kier alpha value is -0.380. The molecule has 2 rings (SSSR count). The number of ether oxygens (including phenoxy) is 1. The molecule has 1 aliphatic rings. The molecule has 1 aliphatic heterocycles. The van der Waals surface area contributed by atoms with Crippen molar-refractivity contribution in [2.45, 2.75) is 32.4 Å². The van der Waals surface area contributed by atoms with Gasteiger partial charge in [0.15, 0.2) is 0 Å². The minimum Gasteiger partial charge on any atom is -0.377 e. The lowest BCUT2D eigenvalue weighted by Crippen LogP contribution is -2.39. The van der Waals surface area contributed by atoms with E-state index in [1.807, 2.05) is 0 Å². The number of likely N-dealkylation sites (tertiary alicyclic amines) is 1. The van der Waals surface area contributed by atoms with Gasteiger partial charge in [-0.05, 0) is 44.0 Å². The molecule has 1 aromatic rings. The fourth-order valence-corrected chi connectivity index (χ4v) is 2.87. The van der Waals surface area contributed by atoms with Crippen molar-refractivity contribution in [1.29, 1.82) is 0 Å². The van der Waals surface area contributed by atoms with Crippen molar-refractivity contribution < 1.29 is 4.74 Å². The molecule has 0 radical (unpaired) electrons. The first-order chi connectivity index (χ1) is 8.28. The van der Waals surface area contributed by atoms with Crippen LogP contribution in [0.25, 0.3) is 0 Å². The second kappa shape index (κ2) is 6.53. The zero-order valence-corrected chi connectivity index (χ0v) is 11.9. The first-order valence-electron chi connectivity index (χ1n) is 6.36. The normalized spacial score (nSPS) is 21.6. The van der Waals surface area contributed by atoms with Crippen molar-refractivity contribution in [3.63, 3.8) is 0 Å². The van der Waals surface area contributed by atoms with Gasteiger partial charge in [0.2, 0.25) is 0 Å². The Balaban J connectivity index is 1.90. The number of hydrogen-bond acceptors (Lipinski definition) is 2. The van der Waals surface area contributed by atoms with Crippen molar-refractivity contribution in [1.82, 2.24) is 4.90 Å². The van der Waals surface area contributed by atoms with Crippen LogP contribution < -0.4 is 0 Å². The highest BCUT2D eigenvalue weighted by Crippen LogP contribution is 2.18. The van der Waals surface area contributed by atoms with E-state index in [0.29, 0.717) is 6.10 Å². The predicted molar refractivity (Wildman–Crippen MR) is 74.1 cm³/mol. The summed E-state index contributed by atoms with van der Waals surface area (Å²) in [6, 6.07) is 8.56. The Kier molecular flexibility index (Phi) is 5.01. The third kappa shape index (κ3) is 4.09. The van der Waals surface area contributed by atoms with Crippen molar-refractivity contribution >= 4 is 15.9 Å². The van der Waals surface area contributed by atoms with E-state index in [-0.39, 0.29) is 0 Å². The van der Waals surface area contributed by atoms with Crippen LogP contribution in [0.3, 0.4) is 0 Å². The summed E-state index contributed by atoms with van der Waals surface area (Å²) in [4.78, 5) is 2.49. The lowest BCUT2D eigenvalue weighted by atomic mass is 10.1. The largest absolute Gasteiger partial charge is 0.377 e. The molecule has 3 heteroatoms. The standard InChI is InChI=1S/C14H20BrNO/c1-2-17-14-7-4-8-16(11-14)10-12-5-3-6-13(15)9-12/h3,5-6,9,14H,2,4,7-8,10-11H2,1H3. The molecule has 1 fully saturated rings. The molecule has 1 atom stereocenters. The maximum Gasteiger partial charge on any atom is 0.0702 e. The summed E-state index contributed by atoms with van der Waals surface area (Å²) in [6.07, 6.45) is 2.89. The van der Waals surface area contributed by atoms with Gasteiger partial charge in [0.05, 0.1) is 6.10 Å². The second-order valence-electron chi connectivity index (χ2n) is 4.58. The second-order valence-corrected chi connectivity index (χ2v) is 5.50. The molecule has 0 spiro atoms. The van der Waals surface area contributed by atoms with Gasteiger partial charge in [-0.2, -0.15) is 0 Å². The molecule has 1 heterocycles. The molecule has 0 aromatic heterocycles. The molecule has 94 valence electrons. The number of rotatable bonds is 4. The molecule has 0 bridgehead atoms. The smallest absolute Gasteiger partial charge is 0.0702 e. The van der Waals surface area contributed by atoms with Crippen LogP contribution in [0.4, 0.5) is 0 Å². The number of benzene rings is 1. The molecule has 0 saturated carbocycles. The van der Waals surface area contributed by atoms with E-state index < -0.39 is 0 Å². The summed E-state index contributed by atoms with van der Waals surface area (Å²) in [7, 11) is 0. The van der Waals surface area contributed by atoms with Gasteiger partial charge >= 0.3 is 0 Å². The average Bonchev–Trinajstić information content (AvgIpc) is 2.30. The van der Waals surface area contributed by atoms with Crippen LogP contribution in [0.1, 0.15) is 25.3 Å². The number of halogens is 1. The van der Waals surface area contributed by atoms with Gasteiger partial charge in [-0.1, -0.05) is 28.1 Å². The van der Waals surface area contributed by atoms with E-state index in [1.54, 1.807) is 0 Å². The number of piperidine rings is 1. The molecule has 17 heavy (non-hydrogen) atoms. The molecule has 1 saturated heterocycles. The Bertz CT molecular complexity index is 354. The van der Waals surface area contributed by atoms with E-state index in [9.17, 15) is 0 Å². The molecule has 1 aromatic carbocycles. The van der Waals surface area contributed by atoms with Crippen molar-refractivity contribution in [3.8, 4) is 0 Å². The third-order valence-electron chi connectivity index (χ3n) is 3.16. The zero-order valence-electron chi connectivity index (χ0n) is 10.4. The van der Waals surface area contributed by atoms with Gasteiger partial charge in [-0.15, -0.1) is 0 Å². The Morgan fingerprint density at radius 3 is 3.12 bits per heavy atom. The van der Waals surface area contributed by atoms with Crippen molar-refractivity contribution in [2.75, 3.05) is 19.7 Å². The molecule has 2 nitrogen and oxygen atoms in total. The minimum absolute atomic E-state index is 0.431. The van der Waals surface area contributed by atoms with Crippen LogP contribution in [0, 0.1) is 0 Å². The summed E-state index contributed by atoms with van der Waals surface area (Å²) in [5.41, 5.74) is 1.37. The van der Waals surface area contributed by atoms with Crippen molar-refractivity contribution in [3.05, 3.63) is 34.3 Å². The van der Waals surface area contributed by atoms with Crippen molar-refractivity contribution in [2.24, 2.45) is 0 Å². The van der Waals surface area contributed by atoms with Gasteiger partial charge in [-0.25, -0.2) is 0 Å². The van der Waals surface area contributed by atoms with E-state index in [2.05, 4.69) is 52.0 Å². The van der Waals surface area contributed by atoms with Crippen LogP contribution in [0.2, 0.25) is 0 Å². The van der Waals surface area contributed by atoms with E-state index in [1.165, 1.54) is 24.9 Å². The lowest BCUT2D eigenvalue weighted by molar-refractivity contribution is 0.00363. The molecule has 0 aliphatic carbocycles. The fourth-order valence-electron chi connectivity index (χ4n) is 2.42. The summed E-state index contributed by atoms with van der Waals surface area (Å²) < 4.78 is 6.88. The highest BCUT2D eigenvalue weighted by molar-refractivity contribution is 9.10. The maximum atomic E-state index is 5.72. The van der Waals surface area contributed by atoms with Crippen LogP contribution in [-0.2, 0) is 11.3 Å². The molecule has 0 N–H and O–H groups in total. The minimum atomic E-state index is 0.431. The Morgan fingerprint density at radius 2 is 2.35 bits per heavy atom. The quantitative estimate of drug-likeness (QED) is 0.844. The van der Waals surface area contributed by atoms with E-state index >= 15 is 0 Å². The SMILES string of the molecule is CCOC1CCCN(Cc2cccc(Br)c2)C1. The molecular weight excluding hydrogens is 278 g/mol. The summed E-state index contributed by atoms with van der Waals surface area (Å²) in [5.74, 6) is 0. The van der Waals surface area contributed by atoms with Gasteiger partial charge < -0.3 is 4.74 Å². The molecule has 1 unspecified atom stereocenters. The zero-order chi connectivity index (χ0) is 12.1. The van der Waals surface area contributed by atoms with Crippen LogP contribution in [-0.4, -0.2) is 30.7 Å². The van der Waals surface area contributed by atoms with Gasteiger partial charge in [0.1, 0.15) is 0 Å². The van der Waals surface area contributed by atoms with Crippen LogP contribution in [0.5, 0.6) is 0 Å². The third-order valence-corrected chi connectivity index (χ3v) is 3.65. The van der Waals surface area contributed by atoms with Gasteiger partial charge in [0.25, 0.3) is 0 Å². The number of nitrogens with zero attached hydrogens (tertiary/aromatic N) is 1. The molecular formula is C14H20BrNO. The Morgan fingerprint density at radius 1 is 1.47 bits per heavy atom. The highest BCUT2D eigenvalue weighted by atomic mass is 79.9. The lowest BCUT2D eigenvalue weighted by Gasteiger charge is -2.32. The summed E-state index contributed by atoms with van der Waals surface area (Å²) >= 11 is 3.52. The summed E-state index contributed by atoms with van der Waals surface area (Å²) in [6.45, 7) is 6.20. The Labute approximate surface area is 112 Å². The molecule has 0 amide bonds. The van der Waals surface area contributed by atoms with Gasteiger partial charge in [0, 0.05) is 24.2 Å². The predicted octanol–water partition coefficient (Wildman–Crippen LogP) is 3.45. The first kappa shape index (κ1) is 13.1. The van der Waals surface area contributed by atoms with E-state index in [0.717, 1.165) is 24.2 Å². The van der Waals surface area contributed by atoms with Gasteiger partial charge in [-0.3, -0.25) is 4.90 Å². The van der Waals surface area contributed by atoms with Crippen LogP contribution >= 0.6 is 15.9 Å². The first-order valence-corrected chi connectivity index (χ1v) is 7.15.